The number of nitro benzene ring substituents is 1. The minimum absolute atomic E-state index is 0.00442. The molecule has 111 heavy (non-hydrogen) atoms. The monoisotopic (exact) mass is 1540 g/mol. The Kier molecular flexibility index (Phi) is 20.6. The van der Waals surface area contributed by atoms with E-state index in [0.29, 0.717) is 158 Å². The summed E-state index contributed by atoms with van der Waals surface area (Å²) in [7, 11) is 0. The summed E-state index contributed by atoms with van der Waals surface area (Å²) in [5.41, 5.74) is 10.1. The van der Waals surface area contributed by atoms with Crippen LogP contribution in [0.25, 0.3) is 0 Å². The van der Waals surface area contributed by atoms with E-state index >= 15 is 0 Å². The summed E-state index contributed by atoms with van der Waals surface area (Å²) in [6.07, 6.45) is 9.74. The van der Waals surface area contributed by atoms with Gasteiger partial charge in [-0.3, -0.25) is 44.0 Å². The van der Waals surface area contributed by atoms with Crippen molar-refractivity contribution in [2.75, 3.05) is 112 Å². The van der Waals surface area contributed by atoms with Gasteiger partial charge in [0.2, 0.25) is 0 Å². The Bertz CT molecular complexity index is 4140. The zero-order valence-electron chi connectivity index (χ0n) is 62.7. The number of rotatable bonds is 28. The lowest BCUT2D eigenvalue weighted by Gasteiger charge is -2.62. The molecule has 15 aliphatic rings. The maximum Gasteiger partial charge on any atom is 0.519 e. The summed E-state index contributed by atoms with van der Waals surface area (Å²) in [6, 6.07) is 15.9. The molecule has 4 aromatic carbocycles. The minimum Gasteiger partial charge on any atom is -0.477 e. The smallest absolute Gasteiger partial charge is 0.477 e. The lowest BCUT2D eigenvalue weighted by Crippen LogP contribution is -2.76. The van der Waals surface area contributed by atoms with Crippen molar-refractivity contribution >= 4 is 41.3 Å². The number of Topliss-reactive ketones (excluding diaryl/α,β-unsaturated/α-hetero) is 3. The van der Waals surface area contributed by atoms with E-state index in [4.69, 9.17) is 63.6 Å². The van der Waals surface area contributed by atoms with Crippen molar-refractivity contribution in [2.24, 2.45) is 29.2 Å². The number of hydrogen-bond acceptors (Lipinski definition) is 27. The molecule has 4 aromatic rings. The second-order valence-electron chi connectivity index (χ2n) is 33.2. The number of piperidine rings is 3. The maximum atomic E-state index is 13.4. The Morgan fingerprint density at radius 3 is 1.28 bits per heavy atom. The molecule has 12 atom stereocenters. The molecule has 6 aliphatic heterocycles. The van der Waals surface area contributed by atoms with Crippen molar-refractivity contribution in [2.45, 2.75) is 198 Å². The number of likely N-dealkylation sites (tertiary alicyclic amines) is 3. The first kappa shape index (κ1) is 75.9. The zero-order valence-corrected chi connectivity index (χ0v) is 62.7. The number of nitrogens with one attached hydrogen (secondary N) is 1. The molecular formula is C82H101N7O22. The zero-order chi connectivity index (χ0) is 76.8. The molecule has 29 nitrogen and oxygen atoms in total. The normalized spacial score (nSPS) is 31.5. The first-order valence-corrected chi connectivity index (χ1v) is 40.2. The van der Waals surface area contributed by atoms with E-state index in [1.807, 2.05) is 18.2 Å². The molecular weight excluding hydrogens is 1430 g/mol. The molecule has 6 saturated carbocycles. The Balaban J connectivity index is 0.000000160. The highest BCUT2D eigenvalue weighted by Crippen LogP contribution is 2.69. The molecule has 1 amide bonds. The SMILES string of the molecule is NCCOCCOCCN.O=C(CCCOCCOCCNC(=O)Oc1ccc2c3c1O[C@@H]1C(=O)CC[C@]4(O)[C@H](C2)N(CC2CC2)CC[C@@]314)Oc1ccc2c3c1O[C@@H]1C(=O)CC[C@]4(O)[C@H](C2)N(CC2CC2)CC[C@@]314.O=C(Oc1ccc([N+](=O)[O-])cc1)Oc1ccc2c3c1O[C@@H]1C(=O)CC[C@]4(O)[C@H](C2)N(CC2CC2)CC[C@@]314. The number of nitro groups is 1. The lowest BCUT2D eigenvalue weighted by atomic mass is 9.49. The van der Waals surface area contributed by atoms with Crippen LogP contribution in [-0.2, 0) is 73.6 Å². The van der Waals surface area contributed by atoms with Gasteiger partial charge in [0.25, 0.3) is 5.69 Å². The number of amides is 1. The van der Waals surface area contributed by atoms with E-state index in [1.54, 1.807) is 18.2 Å². The van der Waals surface area contributed by atoms with Crippen molar-refractivity contribution in [3.63, 3.8) is 0 Å². The number of nitrogens with zero attached hydrogens (tertiary/aromatic N) is 4. The summed E-state index contributed by atoms with van der Waals surface area (Å²) >= 11 is 0. The van der Waals surface area contributed by atoms with Crippen LogP contribution in [-0.4, -0.2) is 236 Å². The van der Waals surface area contributed by atoms with Crippen LogP contribution in [0.5, 0.6) is 40.2 Å². The van der Waals surface area contributed by atoms with E-state index in [1.165, 1.54) is 62.8 Å². The topological polar surface area (TPSA) is 382 Å². The fraction of sp³-hybridized carbons (Fsp3) is 0.634. The molecule has 29 heteroatoms. The number of carbonyl (C=O) groups is 6. The molecule has 9 fully saturated rings. The van der Waals surface area contributed by atoms with Crippen LogP contribution in [0.3, 0.4) is 0 Å². The molecule has 0 radical (unpaired) electrons. The molecule has 0 aromatic heterocycles. The van der Waals surface area contributed by atoms with E-state index in [0.717, 1.165) is 72.6 Å². The lowest BCUT2D eigenvalue weighted by molar-refractivity contribution is -0.384. The van der Waals surface area contributed by atoms with Crippen molar-refractivity contribution in [3.8, 4) is 40.2 Å². The number of non-ortho nitro benzene ring substituents is 1. The average molecular weight is 1540 g/mol. The molecule has 9 aliphatic carbocycles. The molecule has 0 unspecified atom stereocenters. The summed E-state index contributed by atoms with van der Waals surface area (Å²) in [4.78, 5) is 96.2. The highest BCUT2D eigenvalue weighted by atomic mass is 16.7. The van der Waals surface area contributed by atoms with E-state index in [2.05, 4.69) is 20.0 Å². The largest absolute Gasteiger partial charge is 0.519 e. The van der Waals surface area contributed by atoms with E-state index < -0.39 is 74.5 Å². The standard InChI is InChI=1S/C49H59N3O12.C27H26N2O8.C6H16N2O2/c53-32-11-13-48(57)36-24-30-7-9-34(41-39(30)46(48,43(32)63-41)15-18-51(36)26-28-3-4-28)61-38(55)2-1-20-59-22-23-60-21-17-50-45(56)62-35-10-8-31-25-37-49(58)14-12-33(54)44-47(49,40(31)42(35)64-44)16-19-52(37)27-29-5-6-29;30-19-9-10-27(32)21-13-16-3-8-20(36-25(31)35-18-6-4-17(5-7-18)29(33)34)23-22(16)26(27,24(19)37-23)11-12-28(21)14-15-1-2-15;7-1-3-9-5-6-10-4-2-8/h7-10,28-29,36-37,43-44,57-58H,1-6,11-27H2,(H,50,56);3-8,15,21,24,32H,1-2,9-14H2;1-8H2/t36-,37-,43+,44+,46+,47+,48-,49-;21-,24+,26+,27-;/m00./s1. The summed E-state index contributed by atoms with van der Waals surface area (Å²) in [5.74, 6) is 3.53. The van der Waals surface area contributed by atoms with Gasteiger partial charge in [0.1, 0.15) is 5.75 Å². The predicted octanol–water partition coefficient (Wildman–Crippen LogP) is 5.70. The van der Waals surface area contributed by atoms with Gasteiger partial charge in [0.05, 0.1) is 84.2 Å². The Morgan fingerprint density at radius 1 is 0.495 bits per heavy atom. The first-order chi connectivity index (χ1) is 53.7. The molecule has 6 bridgehead atoms. The van der Waals surface area contributed by atoms with Crippen molar-refractivity contribution in [1.82, 2.24) is 20.0 Å². The van der Waals surface area contributed by atoms with Gasteiger partial charge in [0.15, 0.2) is 70.2 Å². The van der Waals surface area contributed by atoms with Crippen LogP contribution in [0.4, 0.5) is 15.3 Å². The summed E-state index contributed by atoms with van der Waals surface area (Å²) < 4.78 is 62.9. The first-order valence-electron chi connectivity index (χ1n) is 40.2. The van der Waals surface area contributed by atoms with Crippen LogP contribution in [0.1, 0.15) is 143 Å². The van der Waals surface area contributed by atoms with Crippen LogP contribution in [0.15, 0.2) is 60.7 Å². The Hall–Kier alpha value is -7.78. The molecule has 8 N–H and O–H groups in total. The summed E-state index contributed by atoms with van der Waals surface area (Å²) in [5, 5.41) is 50.9. The van der Waals surface area contributed by atoms with Crippen molar-refractivity contribution in [3.05, 3.63) is 104 Å². The van der Waals surface area contributed by atoms with Crippen LogP contribution in [0, 0.1) is 27.9 Å². The number of esters is 1. The van der Waals surface area contributed by atoms with Crippen molar-refractivity contribution in [1.29, 1.82) is 0 Å². The number of benzene rings is 4. The predicted molar refractivity (Wildman–Crippen MR) is 394 cm³/mol. The van der Waals surface area contributed by atoms with Gasteiger partial charge in [-0.15, -0.1) is 0 Å². The van der Waals surface area contributed by atoms with Crippen LogP contribution >= 0.6 is 0 Å². The Labute approximate surface area is 642 Å². The van der Waals surface area contributed by atoms with Crippen molar-refractivity contribution < 1.29 is 101 Å². The number of hydrogen-bond donors (Lipinski definition) is 6. The van der Waals surface area contributed by atoms with E-state index in [-0.39, 0.29) is 104 Å². The Morgan fingerprint density at radius 2 is 0.883 bits per heavy atom. The number of ketones is 3. The third kappa shape index (κ3) is 13.2. The van der Waals surface area contributed by atoms with E-state index in [9.17, 15) is 54.2 Å². The molecule has 3 spiro atoms. The average Bonchev–Trinajstić information content (AvgIpc) is 1.61. The number of carbonyl (C=O) groups excluding carboxylic acids is 6. The second-order valence-corrected chi connectivity index (χ2v) is 33.2. The molecule has 19 rings (SSSR count). The third-order valence-electron chi connectivity index (χ3n) is 27.0. The molecule has 3 saturated heterocycles. The number of nitrogens with two attached hydrogens (primary N) is 2. The van der Waals surface area contributed by atoms with Gasteiger partial charge in [-0.2, -0.15) is 0 Å². The summed E-state index contributed by atoms with van der Waals surface area (Å²) in [6.45, 7) is 10.2. The number of ether oxygens (including phenoxy) is 11. The second kappa shape index (κ2) is 30.2. The highest BCUT2D eigenvalue weighted by Gasteiger charge is 2.77. The maximum absolute atomic E-state index is 13.4. The van der Waals surface area contributed by atoms with Gasteiger partial charge in [0, 0.05) is 119 Å². The molecule has 6 heterocycles. The number of aliphatic hydroxyl groups is 3. The molecule has 596 valence electrons. The van der Waals surface area contributed by atoms with Gasteiger partial charge >= 0.3 is 18.2 Å². The van der Waals surface area contributed by atoms with Gasteiger partial charge in [-0.05, 0) is 187 Å². The highest BCUT2D eigenvalue weighted by molar-refractivity contribution is 5.92. The quantitative estimate of drug-likeness (QED) is 0.00991. The third-order valence-corrected chi connectivity index (χ3v) is 27.0. The fourth-order valence-corrected chi connectivity index (χ4v) is 21.5. The van der Waals surface area contributed by atoms with Crippen LogP contribution < -0.4 is 49.9 Å². The minimum atomic E-state index is -1.10. The van der Waals surface area contributed by atoms with Gasteiger partial charge in [-0.25, -0.2) is 9.59 Å². The van der Waals surface area contributed by atoms with Gasteiger partial charge in [-0.1, -0.05) is 18.2 Å². The van der Waals surface area contributed by atoms with Gasteiger partial charge < -0.3 is 84.2 Å². The fourth-order valence-electron chi connectivity index (χ4n) is 21.5. The van der Waals surface area contributed by atoms with Crippen LogP contribution in [0.2, 0.25) is 0 Å².